The fourth-order valence-electron chi connectivity index (χ4n) is 5.35. The van der Waals surface area contributed by atoms with Crippen molar-refractivity contribution in [2.24, 2.45) is 0 Å². The van der Waals surface area contributed by atoms with Gasteiger partial charge in [0.1, 0.15) is 0 Å². The molecule has 1 N–H and O–H groups in total. The molecule has 0 heterocycles. The monoisotopic (exact) mass is 618 g/mol. The average Bonchev–Trinajstić information content (AvgIpc) is 2.96. The first-order chi connectivity index (χ1) is 20.0. The molecule has 0 amide bonds. The Morgan fingerprint density at radius 3 is 1.02 bits per heavy atom. The summed E-state index contributed by atoms with van der Waals surface area (Å²) < 4.78 is 12.9. The molecule has 2 rings (SSSR count). The first-order valence-electron chi connectivity index (χ1n) is 16.9. The molecule has 232 valence electrons. The zero-order chi connectivity index (χ0) is 29.4. The second-order valence-corrected chi connectivity index (χ2v) is 18.8. The van der Waals surface area contributed by atoms with Gasteiger partial charge in [-0.1, -0.05) is 154 Å². The van der Waals surface area contributed by atoms with Gasteiger partial charge in [0.15, 0.2) is 0 Å². The normalized spacial score (nSPS) is 11.8. The van der Waals surface area contributed by atoms with Crippen LogP contribution in [0, 0.1) is 0 Å². The second-order valence-electron chi connectivity index (χ2n) is 11.8. The molecule has 2 aromatic carbocycles. The van der Waals surface area contributed by atoms with Gasteiger partial charge in [-0.2, -0.15) is 0 Å². The van der Waals surface area contributed by atoms with E-state index in [0.29, 0.717) is 0 Å². The minimum absolute atomic E-state index is 0.868. The summed E-state index contributed by atoms with van der Waals surface area (Å²) in [4.78, 5) is 12.4. The summed E-state index contributed by atoms with van der Waals surface area (Å²) >= 11 is 2.20. The lowest BCUT2D eigenvalue weighted by Crippen LogP contribution is -1.87. The molecular weight excluding hydrogens is 560 g/mol. The summed E-state index contributed by atoms with van der Waals surface area (Å²) in [6.45, 7) is 4.55. The van der Waals surface area contributed by atoms with E-state index in [2.05, 4.69) is 38.1 Å². The lowest BCUT2D eigenvalue weighted by atomic mass is 10.0. The first-order valence-corrected chi connectivity index (χ1v) is 21.4. The summed E-state index contributed by atoms with van der Waals surface area (Å²) in [7, 11) is 0. The molecule has 0 unspecified atom stereocenters. The van der Waals surface area contributed by atoms with Crippen LogP contribution in [0.3, 0.4) is 0 Å². The topological polar surface area (TPSA) is 37.3 Å². The van der Waals surface area contributed by atoms with E-state index in [1.165, 1.54) is 140 Å². The lowest BCUT2D eigenvalue weighted by Gasteiger charge is -2.11. The fourth-order valence-corrected chi connectivity index (χ4v) is 10.8. The zero-order valence-electron chi connectivity index (χ0n) is 26.3. The third-order valence-electron chi connectivity index (χ3n) is 7.93. The summed E-state index contributed by atoms with van der Waals surface area (Å²) in [5, 5.41) is 0. The molecule has 0 spiro atoms. The van der Waals surface area contributed by atoms with Gasteiger partial charge in [0.2, 0.25) is 0 Å². The fraction of sp³-hybridized carbons (Fsp3) is 0.667. The van der Waals surface area contributed by atoms with Crippen molar-refractivity contribution in [1.29, 1.82) is 0 Å². The largest absolute Gasteiger partial charge is 0.329 e. The maximum atomic E-state index is 12.9. The number of aryl methyl sites for hydroxylation is 2. The van der Waals surface area contributed by atoms with Gasteiger partial charge in [0.25, 0.3) is 0 Å². The molecule has 0 fully saturated rings. The van der Waals surface area contributed by atoms with Crippen LogP contribution in [0.2, 0.25) is 0 Å². The van der Waals surface area contributed by atoms with E-state index in [0.717, 1.165) is 45.4 Å². The summed E-state index contributed by atoms with van der Waals surface area (Å²) in [6, 6.07) is 16.5. The van der Waals surface area contributed by atoms with Crippen LogP contribution in [0.1, 0.15) is 153 Å². The molecule has 0 bridgehead atoms. The van der Waals surface area contributed by atoms with Crippen molar-refractivity contribution in [2.45, 2.75) is 165 Å². The van der Waals surface area contributed by atoms with Gasteiger partial charge in [0, 0.05) is 9.79 Å². The Kier molecular flexibility index (Phi) is 21.2. The van der Waals surface area contributed by atoms with E-state index in [1.807, 2.05) is 24.3 Å². The van der Waals surface area contributed by atoms with Crippen LogP contribution in [0.25, 0.3) is 0 Å². The highest BCUT2D eigenvalue weighted by molar-refractivity contribution is 8.89. The molecule has 0 aliphatic heterocycles. The number of rotatable bonds is 26. The first kappa shape index (κ1) is 36.5. The quantitative estimate of drug-likeness (QED) is 0.0840. The molecule has 0 aliphatic rings. The van der Waals surface area contributed by atoms with Crippen LogP contribution >= 0.6 is 28.5 Å². The van der Waals surface area contributed by atoms with Crippen LogP contribution in [0.4, 0.5) is 0 Å². The van der Waals surface area contributed by atoms with Crippen LogP contribution in [0.5, 0.6) is 0 Å². The number of benzene rings is 2. The van der Waals surface area contributed by atoms with Gasteiger partial charge in [-0.15, -0.1) is 0 Å². The van der Waals surface area contributed by atoms with Gasteiger partial charge in [-0.3, -0.25) is 4.57 Å². The number of hydrogen-bond acceptors (Lipinski definition) is 3. The van der Waals surface area contributed by atoms with Gasteiger partial charge in [0.05, 0.1) is 0 Å². The molecule has 2 nitrogen and oxygen atoms in total. The highest BCUT2D eigenvalue weighted by atomic mass is 33.1. The minimum Gasteiger partial charge on any atom is -0.329 e. The molecule has 0 atom stereocenters. The molecule has 0 aromatic heterocycles. The van der Waals surface area contributed by atoms with Gasteiger partial charge < -0.3 is 4.89 Å². The number of unbranched alkanes of at least 4 members (excludes halogenated alkanes) is 18. The van der Waals surface area contributed by atoms with E-state index >= 15 is 0 Å². The van der Waals surface area contributed by atoms with Gasteiger partial charge in [-0.25, -0.2) is 0 Å². The van der Waals surface area contributed by atoms with Crippen LogP contribution in [-0.4, -0.2) is 4.89 Å². The maximum absolute atomic E-state index is 12.9. The zero-order valence-corrected chi connectivity index (χ0v) is 28.8. The maximum Gasteiger partial charge on any atom is 0.319 e. The van der Waals surface area contributed by atoms with Gasteiger partial charge >= 0.3 is 5.77 Å². The summed E-state index contributed by atoms with van der Waals surface area (Å²) in [6.07, 6.45) is 29.3. The van der Waals surface area contributed by atoms with E-state index in [9.17, 15) is 9.46 Å². The Bertz CT molecular complexity index is 856. The van der Waals surface area contributed by atoms with Crippen molar-refractivity contribution in [2.75, 3.05) is 0 Å². The number of hydrogen-bond donors (Lipinski definition) is 1. The predicted molar refractivity (Wildman–Crippen MR) is 186 cm³/mol. The third kappa shape index (κ3) is 19.3. The van der Waals surface area contributed by atoms with E-state index in [1.54, 1.807) is 0 Å². The average molecular weight is 619 g/mol. The molecule has 2 aromatic rings. The van der Waals surface area contributed by atoms with Crippen LogP contribution < -0.4 is 0 Å². The highest BCUT2D eigenvalue weighted by Crippen LogP contribution is 2.70. The van der Waals surface area contributed by atoms with Crippen molar-refractivity contribution in [1.82, 2.24) is 0 Å². The van der Waals surface area contributed by atoms with E-state index in [-0.39, 0.29) is 0 Å². The Morgan fingerprint density at radius 1 is 0.463 bits per heavy atom. The predicted octanol–water partition coefficient (Wildman–Crippen LogP) is 13.6. The SMILES string of the molecule is CCCCCCCCCCCCc1ccc(SP(=O)(O)Sc2ccc(CCCCCCCCCCCC)cc2)cc1. The minimum atomic E-state index is -3.43. The van der Waals surface area contributed by atoms with Crippen molar-refractivity contribution >= 4 is 28.5 Å². The molecule has 0 saturated heterocycles. The summed E-state index contributed by atoms with van der Waals surface area (Å²) in [5.74, 6) is -3.43. The van der Waals surface area contributed by atoms with Crippen molar-refractivity contribution in [3.63, 3.8) is 0 Å². The Balaban J connectivity index is 1.58. The molecule has 41 heavy (non-hydrogen) atoms. The summed E-state index contributed by atoms with van der Waals surface area (Å²) in [5.41, 5.74) is 2.65. The van der Waals surface area contributed by atoms with Crippen LogP contribution in [0.15, 0.2) is 58.3 Å². The van der Waals surface area contributed by atoms with Crippen molar-refractivity contribution in [3.8, 4) is 0 Å². The highest BCUT2D eigenvalue weighted by Gasteiger charge is 2.22. The van der Waals surface area contributed by atoms with E-state index in [4.69, 9.17) is 0 Å². The Hall–Kier alpha value is -0.670. The standard InChI is InChI=1S/C36H59O2PS2/c1-3-5-7-9-11-13-15-17-19-21-23-33-25-29-35(30-26-33)40-39(37,38)41-36-31-27-34(28-32-36)24-22-20-18-16-14-12-10-8-6-4-2/h25-32H,3-24H2,1-2H3,(H,37,38). The second kappa shape index (κ2) is 23.7. The molecular formula is C36H59O2PS2. The van der Waals surface area contributed by atoms with Crippen LogP contribution in [-0.2, 0) is 17.4 Å². The third-order valence-corrected chi connectivity index (χ3v) is 13.3. The smallest absolute Gasteiger partial charge is 0.319 e. The molecule has 0 radical (unpaired) electrons. The Morgan fingerprint density at radius 2 is 0.732 bits per heavy atom. The van der Waals surface area contributed by atoms with E-state index < -0.39 is 5.77 Å². The van der Waals surface area contributed by atoms with Gasteiger partial charge in [-0.05, 0) is 83.8 Å². The molecule has 5 heteroatoms. The lowest BCUT2D eigenvalue weighted by molar-refractivity contribution is 0.514. The molecule has 0 aliphatic carbocycles. The van der Waals surface area contributed by atoms with Crippen molar-refractivity contribution in [3.05, 3.63) is 59.7 Å². The molecule has 0 saturated carbocycles. The van der Waals surface area contributed by atoms with Crippen molar-refractivity contribution < 1.29 is 9.46 Å². The Labute approximate surface area is 261 Å².